The fraction of sp³-hybridized carbons (Fsp3) is 0.471. The number of carbonyl (C=O) groups excluding carboxylic acids is 3. The van der Waals surface area contributed by atoms with Gasteiger partial charge in [-0.25, -0.2) is 9.48 Å². The van der Waals surface area contributed by atoms with Crippen LogP contribution in [-0.2, 0) is 21.4 Å². The highest BCUT2D eigenvalue weighted by molar-refractivity contribution is 5.99. The van der Waals surface area contributed by atoms with E-state index in [0.29, 0.717) is 24.6 Å². The second kappa shape index (κ2) is 11.5. The molecular formula is C34H42N6O3. The first kappa shape index (κ1) is 29.0. The van der Waals surface area contributed by atoms with Crippen LogP contribution < -0.4 is 16.0 Å². The summed E-state index contributed by atoms with van der Waals surface area (Å²) in [4.78, 5) is 39.9. The van der Waals surface area contributed by atoms with Crippen molar-refractivity contribution in [2.24, 2.45) is 5.92 Å². The summed E-state index contributed by atoms with van der Waals surface area (Å²) in [6.07, 6.45) is 6.10. The number of nitrogens with one attached hydrogen (secondary N) is 3. The zero-order valence-corrected chi connectivity index (χ0v) is 25.5. The van der Waals surface area contributed by atoms with Gasteiger partial charge in [0.15, 0.2) is 0 Å². The van der Waals surface area contributed by atoms with Crippen LogP contribution >= 0.6 is 0 Å². The summed E-state index contributed by atoms with van der Waals surface area (Å²) in [5, 5.41) is 13.6. The molecule has 9 nitrogen and oxygen atoms in total. The molecule has 3 atom stereocenters. The molecule has 1 aromatic heterocycles. The number of hydrogen-bond acceptors (Lipinski definition) is 4. The lowest BCUT2D eigenvalue weighted by atomic mass is 9.85. The first-order chi connectivity index (χ1) is 20.5. The van der Waals surface area contributed by atoms with E-state index in [9.17, 15) is 14.4 Å². The van der Waals surface area contributed by atoms with Crippen molar-refractivity contribution in [3.63, 3.8) is 0 Å². The Balaban J connectivity index is 1.06. The number of anilines is 2. The van der Waals surface area contributed by atoms with Gasteiger partial charge in [0, 0.05) is 35.7 Å². The molecular weight excluding hydrogens is 540 g/mol. The molecule has 4 heterocycles. The van der Waals surface area contributed by atoms with Gasteiger partial charge in [-0.2, -0.15) is 5.10 Å². The highest BCUT2D eigenvalue weighted by Gasteiger charge is 2.45. The summed E-state index contributed by atoms with van der Waals surface area (Å²) in [5.41, 5.74) is 4.71. The van der Waals surface area contributed by atoms with Gasteiger partial charge in [0.05, 0.1) is 11.4 Å². The van der Waals surface area contributed by atoms with Gasteiger partial charge >= 0.3 is 6.03 Å². The monoisotopic (exact) mass is 582 g/mol. The van der Waals surface area contributed by atoms with Crippen molar-refractivity contribution in [2.75, 3.05) is 10.6 Å². The molecule has 226 valence electrons. The number of piperidine rings is 1. The number of hydrogen-bond donors (Lipinski definition) is 3. The van der Waals surface area contributed by atoms with Crippen molar-refractivity contribution in [2.45, 2.75) is 96.2 Å². The molecule has 0 spiro atoms. The average Bonchev–Trinajstić information content (AvgIpc) is 3.66. The number of amides is 4. The molecule has 3 aromatic rings. The van der Waals surface area contributed by atoms with E-state index in [4.69, 9.17) is 5.10 Å². The Bertz CT molecular complexity index is 1490. The van der Waals surface area contributed by atoms with Gasteiger partial charge in [-0.3, -0.25) is 14.9 Å². The number of urea groups is 1. The summed E-state index contributed by atoms with van der Waals surface area (Å²) in [5.74, 6) is 1.22. The normalized spacial score (nSPS) is 23.3. The van der Waals surface area contributed by atoms with Crippen LogP contribution in [0.1, 0.15) is 76.1 Å². The Labute approximate surface area is 253 Å². The minimum absolute atomic E-state index is 0.0143. The maximum absolute atomic E-state index is 13.1. The second-order valence-electron chi connectivity index (χ2n) is 13.5. The van der Waals surface area contributed by atoms with E-state index >= 15 is 0 Å². The Hall–Kier alpha value is -4.14. The molecule has 2 unspecified atom stereocenters. The lowest BCUT2D eigenvalue weighted by Crippen LogP contribution is -2.53. The first-order valence-electron chi connectivity index (χ1n) is 15.5. The molecule has 3 saturated heterocycles. The van der Waals surface area contributed by atoms with Gasteiger partial charge in [-0.05, 0) is 81.2 Å². The van der Waals surface area contributed by atoms with Crippen LogP contribution in [-0.4, -0.2) is 50.7 Å². The summed E-state index contributed by atoms with van der Waals surface area (Å²) in [6, 6.07) is 17.9. The first-order valence-corrected chi connectivity index (χ1v) is 15.5. The standard InChI is InChI=1S/C34H42N6O3/c1-21-5-11-25(12-6-21)40-30(20-29(38-40)34(2,3)4)37-33(43)35-24-9-7-22(8-10-24)17-23-18-26-13-14-27(19-23)39(26)32(42)28-15-16-31(41)36-28/h5-12,20,23,26-28H,13-19H2,1-4H3,(H,36,41)(H2,35,37,43)/t23?,26?,27?,28-/m0/s1. The van der Waals surface area contributed by atoms with E-state index in [1.54, 1.807) is 4.68 Å². The lowest BCUT2D eigenvalue weighted by Gasteiger charge is -2.40. The number of nitrogens with zero attached hydrogens (tertiary/aromatic N) is 3. The van der Waals surface area contributed by atoms with E-state index < -0.39 is 0 Å². The maximum atomic E-state index is 13.1. The average molecular weight is 583 g/mol. The number of aryl methyl sites for hydroxylation is 1. The molecule has 6 rings (SSSR count). The van der Waals surface area contributed by atoms with Crippen molar-refractivity contribution < 1.29 is 14.4 Å². The number of benzene rings is 2. The van der Waals surface area contributed by atoms with Crippen molar-refractivity contribution >= 4 is 29.4 Å². The van der Waals surface area contributed by atoms with Crippen LogP contribution in [0.15, 0.2) is 54.6 Å². The minimum atomic E-state index is -0.340. The van der Waals surface area contributed by atoms with Crippen LogP contribution in [0, 0.1) is 12.8 Å². The van der Waals surface area contributed by atoms with Crippen molar-refractivity contribution in [1.29, 1.82) is 0 Å². The Morgan fingerprint density at radius 2 is 1.63 bits per heavy atom. The van der Waals surface area contributed by atoms with Crippen molar-refractivity contribution in [3.05, 3.63) is 71.4 Å². The number of aromatic nitrogens is 2. The third-order valence-corrected chi connectivity index (χ3v) is 9.11. The molecule has 2 bridgehead atoms. The molecule has 3 fully saturated rings. The van der Waals surface area contributed by atoms with Crippen LogP contribution in [0.4, 0.5) is 16.3 Å². The van der Waals surface area contributed by atoms with Crippen LogP contribution in [0.5, 0.6) is 0 Å². The van der Waals surface area contributed by atoms with Gasteiger partial charge in [0.25, 0.3) is 0 Å². The molecule has 4 amide bonds. The maximum Gasteiger partial charge on any atom is 0.324 e. The summed E-state index contributed by atoms with van der Waals surface area (Å²) in [6.45, 7) is 8.35. The van der Waals surface area contributed by atoms with E-state index in [0.717, 1.165) is 54.7 Å². The smallest absolute Gasteiger partial charge is 0.324 e. The quantitative estimate of drug-likeness (QED) is 0.346. The van der Waals surface area contributed by atoms with Gasteiger partial charge in [-0.1, -0.05) is 50.6 Å². The van der Waals surface area contributed by atoms with E-state index in [-0.39, 0.29) is 41.4 Å². The third-order valence-electron chi connectivity index (χ3n) is 9.11. The zero-order chi connectivity index (χ0) is 30.3. The summed E-state index contributed by atoms with van der Waals surface area (Å²) in [7, 11) is 0. The third kappa shape index (κ3) is 6.31. The van der Waals surface area contributed by atoms with Gasteiger partial charge in [-0.15, -0.1) is 0 Å². The van der Waals surface area contributed by atoms with E-state index in [1.807, 2.05) is 49.4 Å². The molecule has 2 aromatic carbocycles. The fourth-order valence-electron chi connectivity index (χ4n) is 6.85. The molecule has 9 heteroatoms. The minimum Gasteiger partial charge on any atom is -0.344 e. The topological polar surface area (TPSA) is 108 Å². The molecule has 0 radical (unpaired) electrons. The Kier molecular flexibility index (Phi) is 7.75. The van der Waals surface area contributed by atoms with Crippen LogP contribution in [0.25, 0.3) is 5.69 Å². The second-order valence-corrected chi connectivity index (χ2v) is 13.5. The number of rotatable bonds is 6. The zero-order valence-electron chi connectivity index (χ0n) is 25.5. The fourth-order valence-corrected chi connectivity index (χ4v) is 6.85. The Morgan fingerprint density at radius 3 is 2.23 bits per heavy atom. The van der Waals surface area contributed by atoms with Gasteiger partial charge < -0.3 is 15.5 Å². The molecule has 0 aliphatic carbocycles. The SMILES string of the molecule is Cc1ccc(-n2nc(C(C)(C)C)cc2NC(=O)Nc2ccc(CC3CC4CCC(C3)N4C(=O)[C@@H]3CCC(=O)N3)cc2)cc1. The van der Waals surface area contributed by atoms with E-state index in [1.165, 1.54) is 5.56 Å². The Morgan fingerprint density at radius 1 is 0.953 bits per heavy atom. The highest BCUT2D eigenvalue weighted by atomic mass is 16.2. The van der Waals surface area contributed by atoms with Crippen LogP contribution in [0.3, 0.4) is 0 Å². The van der Waals surface area contributed by atoms with E-state index in [2.05, 4.69) is 53.8 Å². The predicted octanol–water partition coefficient (Wildman–Crippen LogP) is 5.71. The summed E-state index contributed by atoms with van der Waals surface area (Å²) >= 11 is 0. The molecule has 43 heavy (non-hydrogen) atoms. The summed E-state index contributed by atoms with van der Waals surface area (Å²) < 4.78 is 1.78. The molecule has 3 N–H and O–H groups in total. The predicted molar refractivity (Wildman–Crippen MR) is 167 cm³/mol. The molecule has 0 saturated carbocycles. The van der Waals surface area contributed by atoms with Crippen LogP contribution in [0.2, 0.25) is 0 Å². The molecule has 3 aliphatic rings. The van der Waals surface area contributed by atoms with Crippen molar-refractivity contribution in [1.82, 2.24) is 20.0 Å². The molecule has 3 aliphatic heterocycles. The lowest BCUT2D eigenvalue weighted by molar-refractivity contribution is -0.139. The van der Waals surface area contributed by atoms with Crippen molar-refractivity contribution in [3.8, 4) is 5.69 Å². The number of fused-ring (bicyclic) bond motifs is 2. The van der Waals surface area contributed by atoms with Gasteiger partial charge in [0.2, 0.25) is 11.8 Å². The van der Waals surface area contributed by atoms with Gasteiger partial charge in [0.1, 0.15) is 11.9 Å². The number of carbonyl (C=O) groups is 3. The highest BCUT2D eigenvalue weighted by Crippen LogP contribution is 2.40. The largest absolute Gasteiger partial charge is 0.344 e.